The van der Waals surface area contributed by atoms with E-state index in [1.165, 1.54) is 0 Å². The Bertz CT molecular complexity index is 1200. The summed E-state index contributed by atoms with van der Waals surface area (Å²) in [5, 5.41) is 32.3. The van der Waals surface area contributed by atoms with E-state index in [1.54, 1.807) is 11.8 Å². The minimum absolute atomic E-state index is 0.195. The molecular weight excluding hydrogens is 584 g/mol. The zero-order valence-corrected chi connectivity index (χ0v) is 30.8. The van der Waals surface area contributed by atoms with Crippen LogP contribution in [-0.4, -0.2) is 52.3 Å². The highest BCUT2D eigenvalue weighted by Gasteiger charge is 2.28. The number of carbonyl (C=O) groups excluding carboxylic acids is 1. The van der Waals surface area contributed by atoms with Gasteiger partial charge in [0.15, 0.2) is 6.29 Å². The molecule has 0 aliphatic heterocycles. The van der Waals surface area contributed by atoms with Gasteiger partial charge in [-0.1, -0.05) is 107 Å². The number of ether oxygens (including phenoxy) is 2. The van der Waals surface area contributed by atoms with E-state index in [0.29, 0.717) is 55.5 Å². The topological polar surface area (TPSA) is 96.2 Å². The maximum Gasteiger partial charge on any atom is 0.306 e. The summed E-state index contributed by atoms with van der Waals surface area (Å²) in [4.78, 5) is 12.4. The largest absolute Gasteiger partial charge is 0.507 e. The van der Waals surface area contributed by atoms with Crippen molar-refractivity contribution in [2.45, 2.75) is 137 Å². The Morgan fingerprint density at radius 1 is 0.667 bits per heavy atom. The molecule has 0 saturated carbocycles. The Labute approximate surface area is 277 Å². The number of rotatable bonds is 13. The molecule has 7 heteroatoms. The zero-order valence-electron chi connectivity index (χ0n) is 30.0. The van der Waals surface area contributed by atoms with Gasteiger partial charge in [0.1, 0.15) is 18.1 Å². The van der Waals surface area contributed by atoms with Gasteiger partial charge in [0.25, 0.3) is 0 Å². The van der Waals surface area contributed by atoms with E-state index < -0.39 is 6.29 Å². The normalized spacial score (nSPS) is 13.6. The molecule has 2 rings (SSSR count). The van der Waals surface area contributed by atoms with Crippen LogP contribution in [0, 0.1) is 0 Å². The standard InChI is InChI=1S/C38H60O6S/c1-35(2,3)27-21-25(22-28(33(27)41)36(4,5)6)13-15-31(39)43-17-19-45-20-18-44-32(40)16-14-26-23-29(37(7,8)9)34(42)30(24-26)38(10,11)12/h21-24,31,39,41-42H,13-20H2,1-12H3. The number of phenolic OH excluding ortho intramolecular Hbond substituents is 2. The van der Waals surface area contributed by atoms with Crippen LogP contribution in [0.5, 0.6) is 11.5 Å². The average Bonchev–Trinajstić information content (AvgIpc) is 2.88. The maximum absolute atomic E-state index is 12.4. The fourth-order valence-electron chi connectivity index (χ4n) is 5.22. The number of aliphatic hydroxyl groups is 1. The molecule has 0 aliphatic carbocycles. The SMILES string of the molecule is CC(C)(C)c1cc(CCC(=O)OCCSCCOC(O)CCc2cc(C(C)(C)C)c(O)c(C(C)(C)C)c2)cc(C(C)(C)C)c1O. The molecule has 0 saturated heterocycles. The summed E-state index contributed by atoms with van der Waals surface area (Å²) in [5.74, 6) is 1.82. The predicted molar refractivity (Wildman–Crippen MR) is 188 cm³/mol. The Morgan fingerprint density at radius 3 is 1.44 bits per heavy atom. The molecule has 45 heavy (non-hydrogen) atoms. The second-order valence-electron chi connectivity index (χ2n) is 16.3. The molecule has 0 heterocycles. The van der Waals surface area contributed by atoms with Crippen LogP contribution in [0.25, 0.3) is 0 Å². The van der Waals surface area contributed by atoms with Crippen molar-refractivity contribution in [3.63, 3.8) is 0 Å². The van der Waals surface area contributed by atoms with Crippen LogP contribution >= 0.6 is 11.8 Å². The number of carbonyl (C=O) groups is 1. The third-order valence-corrected chi connectivity index (χ3v) is 8.81. The molecule has 0 aromatic heterocycles. The molecule has 0 fully saturated rings. The molecule has 0 spiro atoms. The van der Waals surface area contributed by atoms with E-state index in [2.05, 4.69) is 83.1 Å². The molecule has 2 aromatic carbocycles. The van der Waals surface area contributed by atoms with Crippen LogP contribution in [0.2, 0.25) is 0 Å². The van der Waals surface area contributed by atoms with Gasteiger partial charge in [0, 0.05) is 24.3 Å². The molecule has 0 amide bonds. The number of thioether (sulfide) groups is 1. The van der Waals surface area contributed by atoms with E-state index >= 15 is 0 Å². The van der Waals surface area contributed by atoms with Crippen LogP contribution < -0.4 is 0 Å². The average molecular weight is 645 g/mol. The third kappa shape index (κ3) is 12.1. The predicted octanol–water partition coefficient (Wildman–Crippen LogP) is 8.46. The Hall–Kier alpha value is -2.22. The molecule has 0 aliphatic rings. The fraction of sp³-hybridized carbons (Fsp3) is 0.658. The van der Waals surface area contributed by atoms with Crippen molar-refractivity contribution in [3.05, 3.63) is 57.6 Å². The fourth-order valence-corrected chi connectivity index (χ4v) is 5.84. The number of aryl methyl sites for hydroxylation is 2. The van der Waals surface area contributed by atoms with E-state index in [-0.39, 0.29) is 34.1 Å². The van der Waals surface area contributed by atoms with Crippen molar-refractivity contribution < 1.29 is 29.6 Å². The molecular formula is C38H60O6S. The molecule has 1 unspecified atom stereocenters. The first-order valence-corrected chi connectivity index (χ1v) is 17.4. The highest BCUT2D eigenvalue weighted by Crippen LogP contribution is 2.41. The summed E-state index contributed by atoms with van der Waals surface area (Å²) in [6, 6.07) is 8.12. The summed E-state index contributed by atoms with van der Waals surface area (Å²) in [6.07, 6.45) is 1.09. The van der Waals surface area contributed by atoms with E-state index in [1.807, 2.05) is 24.3 Å². The van der Waals surface area contributed by atoms with Crippen molar-refractivity contribution in [1.82, 2.24) is 0 Å². The lowest BCUT2D eigenvalue weighted by molar-refractivity contribution is -0.142. The molecule has 254 valence electrons. The first-order valence-electron chi connectivity index (χ1n) is 16.3. The number of hydrogen-bond donors (Lipinski definition) is 3. The molecule has 1 atom stereocenters. The number of esters is 1. The van der Waals surface area contributed by atoms with E-state index in [9.17, 15) is 20.1 Å². The summed E-state index contributed by atoms with van der Waals surface area (Å²) in [6.45, 7) is 25.8. The van der Waals surface area contributed by atoms with Gasteiger partial charge in [0.05, 0.1) is 6.61 Å². The van der Waals surface area contributed by atoms with Crippen LogP contribution in [0.3, 0.4) is 0 Å². The first-order chi connectivity index (χ1) is 20.5. The zero-order chi connectivity index (χ0) is 34.4. The molecule has 0 radical (unpaired) electrons. The number of aliphatic hydroxyl groups excluding tert-OH is 1. The third-order valence-electron chi connectivity index (χ3n) is 7.90. The summed E-state index contributed by atoms with van der Waals surface area (Å²) < 4.78 is 11.1. The summed E-state index contributed by atoms with van der Waals surface area (Å²) >= 11 is 1.62. The molecule has 6 nitrogen and oxygen atoms in total. The number of hydrogen-bond acceptors (Lipinski definition) is 7. The molecule has 0 bridgehead atoms. The lowest BCUT2D eigenvalue weighted by Gasteiger charge is -2.28. The van der Waals surface area contributed by atoms with Crippen LogP contribution in [-0.2, 0) is 48.8 Å². The van der Waals surface area contributed by atoms with Crippen LogP contribution in [0.1, 0.15) is 129 Å². The van der Waals surface area contributed by atoms with Crippen molar-refractivity contribution in [1.29, 1.82) is 0 Å². The van der Waals surface area contributed by atoms with Gasteiger partial charge in [0.2, 0.25) is 0 Å². The van der Waals surface area contributed by atoms with Gasteiger partial charge in [-0.25, -0.2) is 0 Å². The van der Waals surface area contributed by atoms with Crippen molar-refractivity contribution in [2.24, 2.45) is 0 Å². The van der Waals surface area contributed by atoms with E-state index in [4.69, 9.17) is 9.47 Å². The van der Waals surface area contributed by atoms with Crippen molar-refractivity contribution >= 4 is 17.7 Å². The minimum Gasteiger partial charge on any atom is -0.507 e. The lowest BCUT2D eigenvalue weighted by Crippen LogP contribution is -2.19. The first kappa shape index (κ1) is 39.0. The number of phenols is 2. The Morgan fingerprint density at radius 2 is 1.04 bits per heavy atom. The van der Waals surface area contributed by atoms with Crippen molar-refractivity contribution in [2.75, 3.05) is 24.7 Å². The Balaban J connectivity index is 1.75. The Kier molecular flexibility index (Phi) is 13.5. The number of benzene rings is 2. The van der Waals surface area contributed by atoms with Crippen LogP contribution in [0.15, 0.2) is 24.3 Å². The number of aromatic hydroxyl groups is 2. The minimum atomic E-state index is -0.870. The maximum atomic E-state index is 12.4. The van der Waals surface area contributed by atoms with Gasteiger partial charge < -0.3 is 24.8 Å². The van der Waals surface area contributed by atoms with Gasteiger partial charge in [-0.15, -0.1) is 0 Å². The molecule has 2 aromatic rings. The van der Waals surface area contributed by atoms with Crippen molar-refractivity contribution in [3.8, 4) is 11.5 Å². The summed E-state index contributed by atoms with van der Waals surface area (Å²) in [5.41, 5.74) is 4.92. The van der Waals surface area contributed by atoms with Gasteiger partial charge in [-0.05, 0) is 67.9 Å². The van der Waals surface area contributed by atoms with Crippen LogP contribution in [0.4, 0.5) is 0 Å². The highest BCUT2D eigenvalue weighted by atomic mass is 32.2. The second-order valence-corrected chi connectivity index (χ2v) is 17.5. The molecule has 3 N–H and O–H groups in total. The van der Waals surface area contributed by atoms with Gasteiger partial charge in [-0.3, -0.25) is 4.79 Å². The quantitative estimate of drug-likeness (QED) is 0.114. The smallest absolute Gasteiger partial charge is 0.306 e. The summed E-state index contributed by atoms with van der Waals surface area (Å²) in [7, 11) is 0. The van der Waals surface area contributed by atoms with Gasteiger partial charge >= 0.3 is 5.97 Å². The lowest BCUT2D eigenvalue weighted by atomic mass is 9.78. The van der Waals surface area contributed by atoms with E-state index in [0.717, 1.165) is 33.4 Å². The monoisotopic (exact) mass is 644 g/mol. The second kappa shape index (κ2) is 15.6. The van der Waals surface area contributed by atoms with Gasteiger partial charge in [-0.2, -0.15) is 11.8 Å². The highest BCUT2D eigenvalue weighted by molar-refractivity contribution is 7.99.